The van der Waals surface area contributed by atoms with Crippen molar-refractivity contribution in [3.63, 3.8) is 0 Å². The predicted octanol–water partition coefficient (Wildman–Crippen LogP) is 1.24. The number of anilines is 1. The molecular weight excluding hydrogens is 365 g/mol. The van der Waals surface area contributed by atoms with E-state index in [9.17, 15) is 22.8 Å². The zero-order valence-electron chi connectivity index (χ0n) is 15.0. The van der Waals surface area contributed by atoms with Gasteiger partial charge in [-0.05, 0) is 25.2 Å². The van der Waals surface area contributed by atoms with Gasteiger partial charge in [-0.3, -0.25) is 14.5 Å². The largest absolute Gasteiger partial charge is 0.416 e. The second-order valence-corrected chi connectivity index (χ2v) is 6.08. The molecule has 1 aromatic heterocycles. The highest BCUT2D eigenvalue weighted by Gasteiger charge is 2.31. The molecule has 0 bridgehead atoms. The summed E-state index contributed by atoms with van der Waals surface area (Å²) in [5, 5.41) is 6.33. The summed E-state index contributed by atoms with van der Waals surface area (Å²) in [7, 11) is 4.73. The third kappa shape index (κ3) is 5.51. The second kappa shape index (κ2) is 8.16. The minimum absolute atomic E-state index is 0.00105. The van der Waals surface area contributed by atoms with Gasteiger partial charge < -0.3 is 10.2 Å². The Balaban J connectivity index is 2.20. The molecule has 0 radical (unpaired) electrons. The highest BCUT2D eigenvalue weighted by Crippen LogP contribution is 2.33. The molecule has 0 spiro atoms. The van der Waals surface area contributed by atoms with Gasteiger partial charge in [0, 0.05) is 14.1 Å². The van der Waals surface area contributed by atoms with Crippen molar-refractivity contribution in [2.75, 3.05) is 39.5 Å². The Morgan fingerprint density at radius 1 is 1.19 bits per heavy atom. The first-order valence-corrected chi connectivity index (χ1v) is 7.82. The zero-order valence-corrected chi connectivity index (χ0v) is 15.0. The van der Waals surface area contributed by atoms with Gasteiger partial charge in [-0.2, -0.15) is 18.3 Å². The molecule has 0 aliphatic carbocycles. The van der Waals surface area contributed by atoms with Crippen LogP contribution in [-0.4, -0.2) is 70.6 Å². The van der Waals surface area contributed by atoms with Crippen molar-refractivity contribution in [1.29, 1.82) is 0 Å². The highest BCUT2D eigenvalue weighted by molar-refractivity contribution is 5.94. The minimum Gasteiger partial charge on any atom is -0.348 e. The first-order valence-electron chi connectivity index (χ1n) is 7.82. The van der Waals surface area contributed by atoms with Crippen molar-refractivity contribution in [2.24, 2.45) is 0 Å². The molecule has 0 unspecified atom stereocenters. The van der Waals surface area contributed by atoms with Crippen LogP contribution in [0.25, 0.3) is 5.69 Å². The van der Waals surface area contributed by atoms with Crippen molar-refractivity contribution in [1.82, 2.24) is 24.6 Å². The van der Waals surface area contributed by atoms with E-state index in [2.05, 4.69) is 15.4 Å². The predicted molar refractivity (Wildman–Crippen MR) is 91.2 cm³/mol. The Bertz CT molecular complexity index is 805. The van der Waals surface area contributed by atoms with Gasteiger partial charge in [-0.25, -0.2) is 9.67 Å². The lowest BCUT2D eigenvalue weighted by atomic mass is 10.1. The van der Waals surface area contributed by atoms with Crippen LogP contribution in [0.5, 0.6) is 0 Å². The molecule has 1 aromatic carbocycles. The van der Waals surface area contributed by atoms with Crippen molar-refractivity contribution < 1.29 is 22.8 Å². The van der Waals surface area contributed by atoms with Gasteiger partial charge in [0.2, 0.25) is 11.8 Å². The SMILES string of the molecule is CN(CC(=O)Nc1cc(C(F)(F)F)ccc1-n1cncn1)CC(=O)N(C)C. The number of nitrogens with one attached hydrogen (secondary N) is 1. The number of alkyl halides is 3. The van der Waals surface area contributed by atoms with Gasteiger partial charge in [0.1, 0.15) is 12.7 Å². The number of likely N-dealkylation sites (N-methyl/N-ethyl adjacent to an activating group) is 2. The summed E-state index contributed by atoms with van der Waals surface area (Å²) >= 11 is 0. The van der Waals surface area contributed by atoms with Crippen LogP contribution in [0.3, 0.4) is 0 Å². The number of hydrogen-bond acceptors (Lipinski definition) is 5. The van der Waals surface area contributed by atoms with E-state index >= 15 is 0 Å². The van der Waals surface area contributed by atoms with E-state index in [1.807, 2.05) is 0 Å². The normalized spacial score (nSPS) is 11.5. The Labute approximate surface area is 153 Å². The summed E-state index contributed by atoms with van der Waals surface area (Å²) in [6.07, 6.45) is -2.03. The van der Waals surface area contributed by atoms with Crippen LogP contribution in [-0.2, 0) is 15.8 Å². The Hall–Kier alpha value is -2.95. The summed E-state index contributed by atoms with van der Waals surface area (Å²) in [5.74, 6) is -0.766. The van der Waals surface area contributed by atoms with Gasteiger partial charge >= 0.3 is 6.18 Å². The number of amides is 2. The van der Waals surface area contributed by atoms with Gasteiger partial charge in [0.05, 0.1) is 30.0 Å². The van der Waals surface area contributed by atoms with E-state index in [-0.39, 0.29) is 30.4 Å². The standard InChI is InChI=1S/C16H19F3N6O2/c1-23(2)15(27)8-24(3)7-14(26)22-12-6-11(16(17,18)19)4-5-13(12)25-10-20-9-21-25/h4-6,9-10H,7-8H2,1-3H3,(H,22,26). The lowest BCUT2D eigenvalue weighted by Crippen LogP contribution is -2.38. The lowest BCUT2D eigenvalue weighted by molar-refractivity contribution is -0.137. The molecule has 1 N–H and O–H groups in total. The third-order valence-corrected chi connectivity index (χ3v) is 3.58. The summed E-state index contributed by atoms with van der Waals surface area (Å²) in [5.41, 5.74) is -0.730. The molecule has 2 amide bonds. The number of hydrogen-bond donors (Lipinski definition) is 1. The van der Waals surface area contributed by atoms with Crippen LogP contribution in [0.15, 0.2) is 30.9 Å². The summed E-state index contributed by atoms with van der Waals surface area (Å²) in [6.45, 7) is -0.175. The fourth-order valence-electron chi connectivity index (χ4n) is 2.21. The van der Waals surface area contributed by atoms with Crippen molar-refractivity contribution >= 4 is 17.5 Å². The fraction of sp³-hybridized carbons (Fsp3) is 0.375. The molecule has 11 heteroatoms. The minimum atomic E-state index is -4.56. The van der Waals surface area contributed by atoms with Gasteiger partial charge in [0.25, 0.3) is 0 Å². The molecule has 0 atom stereocenters. The fourth-order valence-corrected chi connectivity index (χ4v) is 2.21. The second-order valence-electron chi connectivity index (χ2n) is 6.08. The number of carbonyl (C=O) groups is 2. The maximum Gasteiger partial charge on any atom is 0.416 e. The van der Waals surface area contributed by atoms with Crippen molar-refractivity contribution in [3.05, 3.63) is 36.4 Å². The maximum absolute atomic E-state index is 13.0. The van der Waals surface area contributed by atoms with Crippen LogP contribution in [0.4, 0.5) is 18.9 Å². The lowest BCUT2D eigenvalue weighted by Gasteiger charge is -2.19. The molecule has 1 heterocycles. The topological polar surface area (TPSA) is 83.4 Å². The average molecular weight is 384 g/mol. The monoisotopic (exact) mass is 384 g/mol. The zero-order chi connectivity index (χ0) is 20.2. The van der Waals surface area contributed by atoms with Crippen LogP contribution < -0.4 is 5.32 Å². The molecule has 2 aromatic rings. The van der Waals surface area contributed by atoms with Crippen molar-refractivity contribution in [2.45, 2.75) is 6.18 Å². The molecule has 8 nitrogen and oxygen atoms in total. The number of nitrogens with zero attached hydrogens (tertiary/aromatic N) is 5. The molecule has 2 rings (SSSR count). The number of benzene rings is 1. The van der Waals surface area contributed by atoms with E-state index in [1.54, 1.807) is 21.1 Å². The van der Waals surface area contributed by atoms with Crippen molar-refractivity contribution in [3.8, 4) is 5.69 Å². The molecule has 0 saturated heterocycles. The van der Waals surface area contributed by atoms with E-state index in [0.29, 0.717) is 0 Å². The van der Waals surface area contributed by atoms with E-state index in [0.717, 1.165) is 12.1 Å². The number of aromatic nitrogens is 3. The number of halogens is 3. The Morgan fingerprint density at radius 2 is 1.89 bits per heavy atom. The van der Waals surface area contributed by atoms with E-state index < -0.39 is 17.6 Å². The number of rotatable bonds is 6. The smallest absolute Gasteiger partial charge is 0.348 e. The maximum atomic E-state index is 13.0. The van der Waals surface area contributed by atoms with Gasteiger partial charge in [-0.15, -0.1) is 0 Å². The highest BCUT2D eigenvalue weighted by atomic mass is 19.4. The van der Waals surface area contributed by atoms with Crippen LogP contribution in [0, 0.1) is 0 Å². The molecule has 146 valence electrons. The van der Waals surface area contributed by atoms with E-state index in [4.69, 9.17) is 0 Å². The first-order chi connectivity index (χ1) is 12.6. The molecule has 0 fully saturated rings. The molecule has 0 aliphatic heterocycles. The molecular formula is C16H19F3N6O2. The summed E-state index contributed by atoms with van der Waals surface area (Å²) in [6, 6.07) is 2.93. The molecule has 27 heavy (non-hydrogen) atoms. The number of carbonyl (C=O) groups excluding carboxylic acids is 2. The van der Waals surface area contributed by atoms with E-state index in [1.165, 1.54) is 33.2 Å². The quantitative estimate of drug-likeness (QED) is 0.810. The summed E-state index contributed by atoms with van der Waals surface area (Å²) < 4.78 is 40.3. The van der Waals surface area contributed by atoms with Crippen LogP contribution in [0.1, 0.15) is 5.56 Å². The van der Waals surface area contributed by atoms with Crippen LogP contribution >= 0.6 is 0 Å². The van der Waals surface area contributed by atoms with Crippen LogP contribution in [0.2, 0.25) is 0 Å². The summed E-state index contributed by atoms with van der Waals surface area (Å²) in [4.78, 5) is 30.5. The Morgan fingerprint density at radius 3 is 2.44 bits per heavy atom. The third-order valence-electron chi connectivity index (χ3n) is 3.58. The molecule has 0 aliphatic rings. The van der Waals surface area contributed by atoms with Gasteiger partial charge in [-0.1, -0.05) is 0 Å². The Kier molecular flexibility index (Phi) is 6.16. The first kappa shape index (κ1) is 20.4. The average Bonchev–Trinajstić information content (AvgIpc) is 3.07. The molecule has 0 saturated carbocycles. The van der Waals surface area contributed by atoms with Gasteiger partial charge in [0.15, 0.2) is 0 Å².